The average Bonchev–Trinajstić information content (AvgIpc) is 3.48. The van der Waals surface area contributed by atoms with Crippen LogP contribution >= 0.6 is 27.5 Å². The summed E-state index contributed by atoms with van der Waals surface area (Å²) in [6, 6.07) is 25.2. The largest absolute Gasteiger partial charge is 0.497 e. The fraction of sp³-hybridized carbons (Fsp3) is 0.147. The van der Waals surface area contributed by atoms with Crippen molar-refractivity contribution in [2.75, 3.05) is 17.3 Å². The average molecular weight is 640 g/mol. The predicted octanol–water partition coefficient (Wildman–Crippen LogP) is 6.97. The van der Waals surface area contributed by atoms with Crippen LogP contribution in [0.4, 0.5) is 11.4 Å². The van der Waals surface area contributed by atoms with Crippen LogP contribution in [0.5, 0.6) is 5.75 Å². The highest BCUT2D eigenvalue weighted by molar-refractivity contribution is 9.10. The van der Waals surface area contributed by atoms with Gasteiger partial charge in [0.15, 0.2) is 11.6 Å². The zero-order valence-electron chi connectivity index (χ0n) is 22.4. The minimum Gasteiger partial charge on any atom is -0.497 e. The fourth-order valence-corrected chi connectivity index (χ4v) is 7.32. The number of ether oxygens (including phenoxy) is 1. The Morgan fingerprint density at radius 2 is 1.62 bits per heavy atom. The van der Waals surface area contributed by atoms with E-state index >= 15 is 0 Å². The first-order valence-corrected chi connectivity index (χ1v) is 14.7. The number of methoxy groups -OCH3 is 1. The highest BCUT2D eigenvalue weighted by Gasteiger charge is 2.71. The minimum absolute atomic E-state index is 0.229. The Labute approximate surface area is 256 Å². The van der Waals surface area contributed by atoms with E-state index in [2.05, 4.69) is 21.2 Å². The van der Waals surface area contributed by atoms with Crippen LogP contribution in [-0.2, 0) is 10.2 Å². The molecule has 1 fully saturated rings. The van der Waals surface area contributed by atoms with Crippen molar-refractivity contribution in [2.45, 2.75) is 17.5 Å². The number of benzene rings is 4. The number of fused-ring (bicyclic) bond motifs is 5. The molecule has 0 radical (unpaired) electrons. The molecule has 3 heterocycles. The van der Waals surface area contributed by atoms with E-state index < -0.39 is 23.4 Å². The first-order valence-electron chi connectivity index (χ1n) is 13.5. The molecule has 1 spiro atoms. The molecule has 6 nitrogen and oxygen atoms in total. The van der Waals surface area contributed by atoms with Crippen LogP contribution in [0.3, 0.4) is 0 Å². The number of halogens is 2. The monoisotopic (exact) mass is 638 g/mol. The highest BCUT2D eigenvalue weighted by atomic mass is 79.9. The van der Waals surface area contributed by atoms with Gasteiger partial charge in [-0.05, 0) is 71.8 Å². The van der Waals surface area contributed by atoms with Crippen molar-refractivity contribution in [3.63, 3.8) is 0 Å². The lowest BCUT2D eigenvalue weighted by Crippen LogP contribution is -2.55. The van der Waals surface area contributed by atoms with E-state index in [1.165, 1.54) is 0 Å². The van der Waals surface area contributed by atoms with Crippen LogP contribution in [0.15, 0.2) is 102 Å². The Hall–Kier alpha value is -4.20. The molecule has 4 aromatic rings. The van der Waals surface area contributed by atoms with E-state index in [4.69, 9.17) is 16.3 Å². The van der Waals surface area contributed by atoms with Gasteiger partial charge in [-0.15, -0.1) is 0 Å². The van der Waals surface area contributed by atoms with Crippen LogP contribution < -0.4 is 15.0 Å². The van der Waals surface area contributed by atoms with Gasteiger partial charge in [0, 0.05) is 32.0 Å². The van der Waals surface area contributed by atoms with Gasteiger partial charge in [0.05, 0.1) is 19.1 Å². The molecule has 0 aromatic heterocycles. The van der Waals surface area contributed by atoms with Crippen LogP contribution in [0.25, 0.3) is 6.08 Å². The lowest BCUT2D eigenvalue weighted by Gasteiger charge is -2.37. The maximum atomic E-state index is 14.8. The van der Waals surface area contributed by atoms with Crippen molar-refractivity contribution >= 4 is 62.5 Å². The summed E-state index contributed by atoms with van der Waals surface area (Å²) in [4.78, 5) is 46.0. The van der Waals surface area contributed by atoms with E-state index in [1.807, 2.05) is 53.5 Å². The van der Waals surface area contributed by atoms with Crippen LogP contribution in [0.1, 0.15) is 31.8 Å². The second kappa shape index (κ2) is 9.96. The van der Waals surface area contributed by atoms with E-state index in [0.717, 1.165) is 15.7 Å². The van der Waals surface area contributed by atoms with E-state index in [0.29, 0.717) is 33.1 Å². The number of rotatable bonds is 5. The Kier molecular flexibility index (Phi) is 6.33. The number of hydrogen-bond acceptors (Lipinski definition) is 5. The molecule has 3 aliphatic heterocycles. The number of amides is 1. The number of carbonyl (C=O) groups is 3. The van der Waals surface area contributed by atoms with Crippen molar-refractivity contribution in [1.29, 1.82) is 0 Å². The molecule has 1 saturated heterocycles. The van der Waals surface area contributed by atoms with Crippen molar-refractivity contribution in [2.24, 2.45) is 5.92 Å². The number of para-hydroxylation sites is 1. The Morgan fingerprint density at radius 3 is 2.36 bits per heavy atom. The van der Waals surface area contributed by atoms with Gasteiger partial charge in [0.1, 0.15) is 17.2 Å². The topological polar surface area (TPSA) is 75.7 Å². The molecule has 0 bridgehead atoms. The molecule has 208 valence electrons. The molecule has 1 N–H and O–H groups in total. The van der Waals surface area contributed by atoms with E-state index in [1.54, 1.807) is 61.7 Å². The molecular formula is C34H24BrClN2O4. The molecule has 8 heteroatoms. The third-order valence-electron chi connectivity index (χ3n) is 8.63. The summed E-state index contributed by atoms with van der Waals surface area (Å²) in [6.45, 7) is 0. The number of nitrogens with zero attached hydrogens (tertiary/aromatic N) is 1. The number of anilines is 2. The molecular weight excluding hydrogens is 616 g/mol. The van der Waals surface area contributed by atoms with Crippen molar-refractivity contribution in [3.05, 3.63) is 129 Å². The number of ketones is 2. The van der Waals surface area contributed by atoms with Gasteiger partial charge in [0.2, 0.25) is 5.91 Å². The summed E-state index contributed by atoms with van der Waals surface area (Å²) in [7, 11) is 1.56. The Balaban J connectivity index is 1.52. The maximum Gasteiger partial charge on any atom is 0.238 e. The van der Waals surface area contributed by atoms with E-state index in [-0.39, 0.29) is 17.5 Å². The quantitative estimate of drug-likeness (QED) is 0.239. The number of nitrogens with one attached hydrogen (secondary N) is 1. The summed E-state index contributed by atoms with van der Waals surface area (Å²) in [5, 5.41) is 3.58. The second-order valence-electron chi connectivity index (χ2n) is 10.7. The predicted molar refractivity (Wildman–Crippen MR) is 167 cm³/mol. The summed E-state index contributed by atoms with van der Waals surface area (Å²) in [6.07, 6.45) is 3.85. The van der Waals surface area contributed by atoms with Gasteiger partial charge in [0.25, 0.3) is 0 Å². The Morgan fingerprint density at radius 1 is 0.929 bits per heavy atom. The van der Waals surface area contributed by atoms with Crippen LogP contribution in [0.2, 0.25) is 5.02 Å². The molecule has 0 saturated carbocycles. The van der Waals surface area contributed by atoms with Crippen molar-refractivity contribution in [3.8, 4) is 5.75 Å². The normalized spacial score (nSPS) is 23.3. The molecule has 4 atom stereocenters. The van der Waals surface area contributed by atoms with E-state index in [9.17, 15) is 14.4 Å². The summed E-state index contributed by atoms with van der Waals surface area (Å²) in [5.74, 6) is -1.15. The SMILES string of the molecule is COc1ccc(C(=O)[C@@H]2C3C=Cc4cc(Cl)ccc4N3[C@H](C(=O)c3ccc(Br)cc3)[C@]23C(=O)Nc2ccccc23)cc1. The summed E-state index contributed by atoms with van der Waals surface area (Å²) >= 11 is 9.83. The molecule has 1 unspecified atom stereocenters. The molecule has 7 rings (SSSR count). The molecule has 0 aliphatic carbocycles. The Bertz CT molecular complexity index is 1800. The number of Topliss-reactive ketones (excluding diaryl/α,β-unsaturated/α-hetero) is 2. The van der Waals surface area contributed by atoms with Gasteiger partial charge in [-0.1, -0.05) is 70.0 Å². The lowest BCUT2D eigenvalue weighted by molar-refractivity contribution is -0.121. The maximum absolute atomic E-state index is 14.8. The molecule has 1 amide bonds. The molecule has 3 aliphatic rings. The highest BCUT2D eigenvalue weighted by Crippen LogP contribution is 2.58. The van der Waals surface area contributed by atoms with Gasteiger partial charge in [-0.25, -0.2) is 0 Å². The van der Waals surface area contributed by atoms with Gasteiger partial charge in [-0.3, -0.25) is 14.4 Å². The zero-order valence-corrected chi connectivity index (χ0v) is 24.7. The third kappa shape index (κ3) is 3.80. The van der Waals surface area contributed by atoms with Crippen molar-refractivity contribution < 1.29 is 19.1 Å². The van der Waals surface area contributed by atoms with Crippen LogP contribution in [0, 0.1) is 5.92 Å². The standard InChI is InChI=1S/C34H24BrClN2O4/c1-42-24-14-8-19(9-15-24)30(39)29-28-16-10-21-18-23(36)13-17-27(21)38(28)32(31(40)20-6-11-22(35)12-7-20)34(29)25-4-2-3-5-26(25)37-33(34)41/h2-18,28-29,32H,1H3,(H,37,41)/t28?,29-,32+,34+/m0/s1. The fourth-order valence-electron chi connectivity index (χ4n) is 6.87. The molecule has 4 aromatic carbocycles. The van der Waals surface area contributed by atoms with Crippen molar-refractivity contribution in [1.82, 2.24) is 0 Å². The first kappa shape index (κ1) is 26.7. The minimum atomic E-state index is -1.52. The van der Waals surface area contributed by atoms with Crippen LogP contribution in [-0.4, -0.2) is 36.7 Å². The second-order valence-corrected chi connectivity index (χ2v) is 12.0. The van der Waals surface area contributed by atoms with Gasteiger partial charge < -0.3 is 15.0 Å². The third-order valence-corrected chi connectivity index (χ3v) is 9.40. The smallest absolute Gasteiger partial charge is 0.238 e. The first-order chi connectivity index (χ1) is 20.3. The summed E-state index contributed by atoms with van der Waals surface area (Å²) in [5.41, 5.74) is 2.15. The lowest BCUT2D eigenvalue weighted by atomic mass is 9.63. The zero-order chi connectivity index (χ0) is 29.2. The number of hydrogen-bond donors (Lipinski definition) is 1. The van der Waals surface area contributed by atoms with Gasteiger partial charge in [-0.2, -0.15) is 0 Å². The molecule has 42 heavy (non-hydrogen) atoms. The number of carbonyl (C=O) groups excluding carboxylic acids is 3. The summed E-state index contributed by atoms with van der Waals surface area (Å²) < 4.78 is 6.15. The van der Waals surface area contributed by atoms with Gasteiger partial charge >= 0.3 is 0 Å².